The molecule has 0 aliphatic carbocycles. The van der Waals surface area contributed by atoms with Gasteiger partial charge in [0.1, 0.15) is 18.1 Å². The van der Waals surface area contributed by atoms with Crippen molar-refractivity contribution in [2.45, 2.75) is 19.1 Å². The fourth-order valence-electron chi connectivity index (χ4n) is 3.45. The van der Waals surface area contributed by atoms with Gasteiger partial charge in [0.15, 0.2) is 17.2 Å². The number of aromatic nitrogens is 3. The molecule has 0 aliphatic heterocycles. The molecule has 2 amide bonds. The smallest absolute Gasteiger partial charge is 0.283 e. The molecular formula is C24H22FN5O4S. The number of halogens is 1. The van der Waals surface area contributed by atoms with Crippen molar-refractivity contribution in [2.24, 2.45) is 0 Å². The van der Waals surface area contributed by atoms with Crippen molar-refractivity contribution in [1.82, 2.24) is 20.3 Å². The average Bonchev–Trinajstić information content (AvgIpc) is 3.56. The molecule has 11 heteroatoms. The van der Waals surface area contributed by atoms with Crippen LogP contribution in [0.3, 0.4) is 0 Å². The molecule has 35 heavy (non-hydrogen) atoms. The van der Waals surface area contributed by atoms with Crippen LogP contribution >= 0.6 is 11.3 Å². The van der Waals surface area contributed by atoms with Crippen molar-refractivity contribution in [1.29, 1.82) is 0 Å². The van der Waals surface area contributed by atoms with E-state index in [1.807, 2.05) is 0 Å². The van der Waals surface area contributed by atoms with Crippen molar-refractivity contribution >= 4 is 28.3 Å². The lowest BCUT2D eigenvalue weighted by Crippen LogP contribution is -2.44. The minimum atomic E-state index is -1.10. The summed E-state index contributed by atoms with van der Waals surface area (Å²) in [5.41, 5.74) is 1.86. The molecule has 0 fully saturated rings. The molecule has 4 aromatic rings. The second kappa shape index (κ2) is 11.4. The molecular weight excluding hydrogens is 473 g/mol. The van der Waals surface area contributed by atoms with Crippen LogP contribution in [-0.2, 0) is 22.6 Å². The molecule has 180 valence electrons. The van der Waals surface area contributed by atoms with Crippen molar-refractivity contribution in [2.75, 3.05) is 18.6 Å². The number of oxazole rings is 1. The van der Waals surface area contributed by atoms with Crippen molar-refractivity contribution in [3.63, 3.8) is 0 Å². The molecule has 1 atom stereocenters. The van der Waals surface area contributed by atoms with Gasteiger partial charge >= 0.3 is 0 Å². The molecule has 1 aromatic carbocycles. The second-order valence-electron chi connectivity index (χ2n) is 7.46. The number of pyridine rings is 1. The van der Waals surface area contributed by atoms with Crippen LogP contribution in [0.25, 0.3) is 0 Å². The zero-order valence-corrected chi connectivity index (χ0v) is 19.6. The maximum absolute atomic E-state index is 13.5. The Morgan fingerprint density at radius 3 is 2.89 bits per heavy atom. The quantitative estimate of drug-likeness (QED) is 0.358. The SMILES string of the molecule is COCc1csc(N(C(=O)c2cocn2)C(C(=O)NCCc2cccc(F)c2)c2cccnc2)n1. The van der Waals surface area contributed by atoms with Crippen LogP contribution in [-0.4, -0.2) is 40.4 Å². The predicted octanol–water partition coefficient (Wildman–Crippen LogP) is 3.56. The fraction of sp³-hybridized carbons (Fsp3) is 0.208. The molecule has 1 unspecified atom stereocenters. The van der Waals surface area contributed by atoms with E-state index in [9.17, 15) is 14.0 Å². The normalized spacial score (nSPS) is 11.7. The Labute approximate surface area is 204 Å². The van der Waals surface area contributed by atoms with Gasteiger partial charge in [0.05, 0.1) is 12.3 Å². The van der Waals surface area contributed by atoms with Gasteiger partial charge < -0.3 is 14.5 Å². The second-order valence-corrected chi connectivity index (χ2v) is 8.30. The number of hydrogen-bond acceptors (Lipinski definition) is 8. The first-order chi connectivity index (χ1) is 17.1. The topological polar surface area (TPSA) is 110 Å². The molecule has 1 N–H and O–H groups in total. The summed E-state index contributed by atoms with van der Waals surface area (Å²) in [6.07, 6.45) is 5.86. The maximum Gasteiger partial charge on any atom is 0.283 e. The fourth-order valence-corrected chi connectivity index (χ4v) is 4.29. The van der Waals surface area contributed by atoms with Gasteiger partial charge in [0.25, 0.3) is 5.91 Å². The highest BCUT2D eigenvalue weighted by molar-refractivity contribution is 7.14. The summed E-state index contributed by atoms with van der Waals surface area (Å²) in [6, 6.07) is 8.46. The summed E-state index contributed by atoms with van der Waals surface area (Å²) >= 11 is 1.20. The number of hydrogen-bond donors (Lipinski definition) is 1. The lowest BCUT2D eigenvalue weighted by atomic mass is 10.1. The molecule has 0 radical (unpaired) electrons. The van der Waals surface area contributed by atoms with E-state index in [-0.39, 0.29) is 24.7 Å². The maximum atomic E-state index is 13.5. The highest BCUT2D eigenvalue weighted by Crippen LogP contribution is 2.32. The first-order valence-electron chi connectivity index (χ1n) is 10.6. The van der Waals surface area contributed by atoms with E-state index in [0.717, 1.165) is 12.0 Å². The molecule has 0 bridgehead atoms. The number of nitrogens with one attached hydrogen (secondary N) is 1. The average molecular weight is 496 g/mol. The van der Waals surface area contributed by atoms with Crippen LogP contribution in [0.4, 0.5) is 9.52 Å². The highest BCUT2D eigenvalue weighted by Gasteiger charge is 2.36. The van der Waals surface area contributed by atoms with Gasteiger partial charge in [-0.3, -0.25) is 19.5 Å². The number of benzene rings is 1. The van der Waals surface area contributed by atoms with Gasteiger partial charge in [-0.25, -0.2) is 14.4 Å². The molecule has 0 saturated heterocycles. The van der Waals surface area contributed by atoms with Crippen molar-refractivity contribution in [3.05, 3.63) is 95.2 Å². The van der Waals surface area contributed by atoms with Crippen molar-refractivity contribution in [3.8, 4) is 0 Å². The third-order valence-corrected chi connectivity index (χ3v) is 5.91. The lowest BCUT2D eigenvalue weighted by molar-refractivity contribution is -0.122. The number of carbonyl (C=O) groups is 2. The minimum absolute atomic E-state index is 0.0231. The van der Waals surface area contributed by atoms with E-state index in [4.69, 9.17) is 9.15 Å². The number of carbonyl (C=O) groups excluding carboxylic acids is 2. The number of thiazole rings is 1. The molecule has 3 aromatic heterocycles. The van der Waals surface area contributed by atoms with E-state index in [1.54, 1.807) is 43.0 Å². The first-order valence-corrected chi connectivity index (χ1v) is 11.5. The molecule has 3 heterocycles. The van der Waals surface area contributed by atoms with E-state index in [0.29, 0.717) is 22.8 Å². The highest BCUT2D eigenvalue weighted by atomic mass is 32.1. The number of methoxy groups -OCH3 is 1. The van der Waals surface area contributed by atoms with E-state index in [1.165, 1.54) is 40.8 Å². The first kappa shape index (κ1) is 24.2. The predicted molar refractivity (Wildman–Crippen MR) is 126 cm³/mol. The molecule has 4 rings (SSSR count). The lowest BCUT2D eigenvalue weighted by Gasteiger charge is -2.28. The summed E-state index contributed by atoms with van der Waals surface area (Å²) < 4.78 is 23.7. The van der Waals surface area contributed by atoms with E-state index in [2.05, 4.69) is 20.3 Å². The molecule has 0 spiro atoms. The summed E-state index contributed by atoms with van der Waals surface area (Å²) in [4.78, 5) is 40.9. The van der Waals surface area contributed by atoms with E-state index >= 15 is 0 Å². The van der Waals surface area contributed by atoms with Crippen molar-refractivity contribution < 1.29 is 23.1 Å². The summed E-state index contributed by atoms with van der Waals surface area (Å²) in [6.45, 7) is 0.484. The van der Waals surface area contributed by atoms with Gasteiger partial charge in [-0.2, -0.15) is 0 Å². The zero-order valence-electron chi connectivity index (χ0n) is 18.8. The van der Waals surface area contributed by atoms with Crippen LogP contribution in [0.5, 0.6) is 0 Å². The Kier molecular flexibility index (Phi) is 7.91. The summed E-state index contributed by atoms with van der Waals surface area (Å²) in [5, 5.41) is 4.90. The zero-order chi connectivity index (χ0) is 24.6. The van der Waals surface area contributed by atoms with Crippen LogP contribution in [0, 0.1) is 5.82 Å². The largest absolute Gasteiger partial charge is 0.451 e. The van der Waals surface area contributed by atoms with Gasteiger partial charge in [-0.1, -0.05) is 18.2 Å². The van der Waals surface area contributed by atoms with Gasteiger partial charge in [0.2, 0.25) is 5.91 Å². The monoisotopic (exact) mass is 495 g/mol. The Balaban J connectivity index is 1.66. The van der Waals surface area contributed by atoms with Crippen LogP contribution in [0.2, 0.25) is 0 Å². The summed E-state index contributed by atoms with van der Waals surface area (Å²) in [5.74, 6) is -1.36. The number of nitrogens with zero attached hydrogens (tertiary/aromatic N) is 4. The summed E-state index contributed by atoms with van der Waals surface area (Å²) in [7, 11) is 1.54. The Bertz CT molecular complexity index is 1270. The van der Waals surface area contributed by atoms with E-state index < -0.39 is 17.9 Å². The Hall–Kier alpha value is -3.96. The Morgan fingerprint density at radius 2 is 2.17 bits per heavy atom. The molecule has 0 aliphatic rings. The number of amides is 2. The third kappa shape index (κ3) is 5.94. The molecule has 9 nitrogen and oxygen atoms in total. The van der Waals surface area contributed by atoms with Gasteiger partial charge in [0, 0.05) is 37.0 Å². The van der Waals surface area contributed by atoms with Crippen LogP contribution < -0.4 is 10.2 Å². The minimum Gasteiger partial charge on any atom is -0.451 e. The van der Waals surface area contributed by atoms with Gasteiger partial charge in [-0.05, 0) is 30.2 Å². The number of rotatable bonds is 10. The van der Waals surface area contributed by atoms with Crippen LogP contribution in [0.1, 0.15) is 33.4 Å². The standard InChI is InChI=1S/C24H22FN5O4S/c1-33-12-19-14-35-24(29-19)30(23(32)20-13-34-15-28-20)21(17-5-3-8-26-11-17)22(31)27-9-7-16-4-2-6-18(25)10-16/h2-6,8,10-11,13-15,21H,7,9,12H2,1H3,(H,27,31). The van der Waals surface area contributed by atoms with Gasteiger partial charge in [-0.15, -0.1) is 11.3 Å². The Morgan fingerprint density at radius 1 is 1.29 bits per heavy atom. The van der Waals surface area contributed by atoms with Crippen LogP contribution in [0.15, 0.2) is 71.2 Å². The number of ether oxygens (including phenoxy) is 1. The molecule has 0 saturated carbocycles. The third-order valence-electron chi connectivity index (χ3n) is 5.02. The number of anilines is 1.